The van der Waals surface area contributed by atoms with Crippen molar-refractivity contribution in [3.8, 4) is 5.75 Å². The average molecular weight is 288 g/mol. The van der Waals surface area contributed by atoms with Crippen molar-refractivity contribution in [2.75, 3.05) is 5.32 Å². The Morgan fingerprint density at radius 1 is 1.25 bits per heavy atom. The summed E-state index contributed by atoms with van der Waals surface area (Å²) in [4.78, 5) is 11.6. The van der Waals surface area contributed by atoms with E-state index in [1.165, 1.54) is 24.5 Å². The Morgan fingerprint density at radius 2 is 2.00 bits per heavy atom. The van der Waals surface area contributed by atoms with Gasteiger partial charge in [0, 0.05) is 11.8 Å². The van der Waals surface area contributed by atoms with Crippen LogP contribution >= 0.6 is 12.2 Å². The van der Waals surface area contributed by atoms with Gasteiger partial charge in [-0.05, 0) is 54.7 Å². The lowest BCUT2D eigenvalue weighted by Gasteiger charge is -2.07. The molecule has 102 valence electrons. The number of rotatable bonds is 3. The summed E-state index contributed by atoms with van der Waals surface area (Å²) in [6, 6.07) is 9.79. The SMILES string of the molecule is O=C(C=Cc1ccco1)NC(=S)Nc1ccc(O)cc1. The normalized spacial score (nSPS) is 10.4. The fourth-order valence-electron chi connectivity index (χ4n) is 1.40. The van der Waals surface area contributed by atoms with Crippen molar-refractivity contribution in [3.05, 3.63) is 54.5 Å². The minimum absolute atomic E-state index is 0.159. The number of thiocarbonyl (C=S) groups is 1. The highest BCUT2D eigenvalue weighted by molar-refractivity contribution is 7.80. The monoisotopic (exact) mass is 288 g/mol. The number of furan rings is 1. The van der Waals surface area contributed by atoms with E-state index in [1.807, 2.05) is 0 Å². The van der Waals surface area contributed by atoms with Crippen LogP contribution in [0, 0.1) is 0 Å². The number of nitrogens with one attached hydrogen (secondary N) is 2. The molecule has 2 rings (SSSR count). The van der Waals surface area contributed by atoms with E-state index in [4.69, 9.17) is 21.7 Å². The Hall–Kier alpha value is -2.60. The van der Waals surface area contributed by atoms with Crippen LogP contribution in [0.3, 0.4) is 0 Å². The molecule has 3 N–H and O–H groups in total. The van der Waals surface area contributed by atoms with E-state index < -0.39 is 0 Å². The lowest BCUT2D eigenvalue weighted by Crippen LogP contribution is -2.32. The molecule has 0 aliphatic carbocycles. The fourth-order valence-corrected chi connectivity index (χ4v) is 1.62. The maximum atomic E-state index is 11.6. The van der Waals surface area contributed by atoms with E-state index in [1.54, 1.807) is 30.3 Å². The van der Waals surface area contributed by atoms with Gasteiger partial charge in [-0.15, -0.1) is 0 Å². The number of aromatic hydroxyl groups is 1. The molecular formula is C14H12N2O3S. The number of carbonyl (C=O) groups is 1. The van der Waals surface area contributed by atoms with Gasteiger partial charge in [0.15, 0.2) is 5.11 Å². The first-order chi connectivity index (χ1) is 9.63. The van der Waals surface area contributed by atoms with E-state index in [0.717, 1.165) is 0 Å². The molecule has 0 spiro atoms. The Balaban J connectivity index is 1.85. The van der Waals surface area contributed by atoms with Crippen molar-refractivity contribution in [1.82, 2.24) is 5.32 Å². The minimum atomic E-state index is -0.363. The first kappa shape index (κ1) is 13.8. The van der Waals surface area contributed by atoms with Crippen molar-refractivity contribution < 1.29 is 14.3 Å². The zero-order chi connectivity index (χ0) is 14.4. The van der Waals surface area contributed by atoms with E-state index in [-0.39, 0.29) is 16.8 Å². The predicted octanol–water partition coefficient (Wildman–Crippen LogP) is 2.51. The van der Waals surface area contributed by atoms with Crippen LogP contribution in [-0.2, 0) is 4.79 Å². The van der Waals surface area contributed by atoms with Gasteiger partial charge in [-0.3, -0.25) is 10.1 Å². The topological polar surface area (TPSA) is 74.5 Å². The summed E-state index contributed by atoms with van der Waals surface area (Å²) in [6.07, 6.45) is 4.39. The average Bonchev–Trinajstić information content (AvgIpc) is 2.92. The van der Waals surface area contributed by atoms with Crippen LogP contribution in [0.1, 0.15) is 5.76 Å². The lowest BCUT2D eigenvalue weighted by atomic mass is 10.3. The summed E-state index contributed by atoms with van der Waals surface area (Å²) in [5.41, 5.74) is 0.670. The van der Waals surface area contributed by atoms with Gasteiger partial charge >= 0.3 is 0 Å². The third-order valence-electron chi connectivity index (χ3n) is 2.30. The molecule has 0 aliphatic rings. The van der Waals surface area contributed by atoms with Crippen molar-refractivity contribution in [3.63, 3.8) is 0 Å². The van der Waals surface area contributed by atoms with Crippen LogP contribution in [0.15, 0.2) is 53.2 Å². The highest BCUT2D eigenvalue weighted by Crippen LogP contribution is 2.13. The van der Waals surface area contributed by atoms with Gasteiger partial charge < -0.3 is 14.8 Å². The maximum Gasteiger partial charge on any atom is 0.250 e. The number of carbonyl (C=O) groups excluding carboxylic acids is 1. The lowest BCUT2D eigenvalue weighted by molar-refractivity contribution is -0.115. The number of phenols is 1. The number of anilines is 1. The Morgan fingerprint density at radius 3 is 2.65 bits per heavy atom. The largest absolute Gasteiger partial charge is 0.508 e. The van der Waals surface area contributed by atoms with E-state index in [9.17, 15) is 4.79 Å². The van der Waals surface area contributed by atoms with Crippen molar-refractivity contribution >= 4 is 35.0 Å². The van der Waals surface area contributed by atoms with E-state index in [0.29, 0.717) is 11.4 Å². The van der Waals surface area contributed by atoms with Crippen molar-refractivity contribution in [2.45, 2.75) is 0 Å². The second kappa shape index (κ2) is 6.53. The quantitative estimate of drug-likeness (QED) is 0.460. The molecule has 1 heterocycles. The molecule has 0 bridgehead atoms. The van der Waals surface area contributed by atoms with Gasteiger partial charge in [-0.25, -0.2) is 0 Å². The Kier molecular flexibility index (Phi) is 4.52. The summed E-state index contributed by atoms with van der Waals surface area (Å²) in [6.45, 7) is 0. The van der Waals surface area contributed by atoms with Gasteiger partial charge in [0.2, 0.25) is 5.91 Å². The van der Waals surface area contributed by atoms with Crippen LogP contribution in [0.2, 0.25) is 0 Å². The zero-order valence-electron chi connectivity index (χ0n) is 10.4. The first-order valence-corrected chi connectivity index (χ1v) is 6.17. The minimum Gasteiger partial charge on any atom is -0.508 e. The number of benzene rings is 1. The number of phenolic OH excluding ortho intramolecular Hbond substituents is 1. The molecule has 0 fully saturated rings. The van der Waals surface area contributed by atoms with Gasteiger partial charge in [0.05, 0.1) is 6.26 Å². The van der Waals surface area contributed by atoms with Gasteiger partial charge in [0.1, 0.15) is 11.5 Å². The van der Waals surface area contributed by atoms with E-state index in [2.05, 4.69) is 10.6 Å². The van der Waals surface area contributed by atoms with Crippen LogP contribution in [0.4, 0.5) is 5.69 Å². The summed E-state index contributed by atoms with van der Waals surface area (Å²) >= 11 is 5.00. The Labute approximate surface area is 120 Å². The van der Waals surface area contributed by atoms with Crippen LogP contribution in [0.5, 0.6) is 5.75 Å². The third-order valence-corrected chi connectivity index (χ3v) is 2.51. The second-order valence-corrected chi connectivity index (χ2v) is 4.25. The molecule has 5 nitrogen and oxygen atoms in total. The molecule has 0 atom stereocenters. The van der Waals surface area contributed by atoms with Gasteiger partial charge in [0.25, 0.3) is 0 Å². The molecule has 6 heteroatoms. The number of hydrogen-bond donors (Lipinski definition) is 3. The fraction of sp³-hybridized carbons (Fsp3) is 0. The molecule has 2 aromatic rings. The zero-order valence-corrected chi connectivity index (χ0v) is 11.2. The third kappa shape index (κ3) is 4.25. The van der Waals surface area contributed by atoms with Crippen molar-refractivity contribution in [1.29, 1.82) is 0 Å². The number of amides is 1. The predicted molar refractivity (Wildman–Crippen MR) is 80.2 cm³/mol. The molecule has 1 aromatic carbocycles. The first-order valence-electron chi connectivity index (χ1n) is 5.76. The molecule has 1 aromatic heterocycles. The second-order valence-electron chi connectivity index (χ2n) is 3.84. The highest BCUT2D eigenvalue weighted by Gasteiger charge is 2.02. The molecule has 0 aliphatic heterocycles. The Bertz CT molecular complexity index is 618. The molecule has 0 saturated heterocycles. The molecule has 1 amide bonds. The maximum absolute atomic E-state index is 11.6. The summed E-state index contributed by atoms with van der Waals surface area (Å²) in [5, 5.41) is 14.6. The smallest absolute Gasteiger partial charge is 0.250 e. The van der Waals surface area contributed by atoms with E-state index >= 15 is 0 Å². The molecule has 20 heavy (non-hydrogen) atoms. The highest BCUT2D eigenvalue weighted by atomic mass is 32.1. The van der Waals surface area contributed by atoms with Gasteiger partial charge in [-0.1, -0.05) is 0 Å². The summed E-state index contributed by atoms with van der Waals surface area (Å²) in [5.74, 6) is 0.377. The molecule has 0 unspecified atom stereocenters. The van der Waals surface area contributed by atoms with Crippen molar-refractivity contribution in [2.24, 2.45) is 0 Å². The molecular weight excluding hydrogens is 276 g/mol. The van der Waals surface area contributed by atoms with Crippen LogP contribution in [-0.4, -0.2) is 16.1 Å². The van der Waals surface area contributed by atoms with Crippen LogP contribution in [0.25, 0.3) is 6.08 Å². The van der Waals surface area contributed by atoms with Crippen LogP contribution < -0.4 is 10.6 Å². The summed E-state index contributed by atoms with van der Waals surface area (Å²) in [7, 11) is 0. The summed E-state index contributed by atoms with van der Waals surface area (Å²) < 4.78 is 5.06. The molecule has 0 radical (unpaired) electrons. The molecule has 0 saturated carbocycles. The van der Waals surface area contributed by atoms with Gasteiger partial charge in [-0.2, -0.15) is 0 Å². The standard InChI is InChI=1S/C14H12N2O3S/c17-11-5-3-10(4-6-11)15-14(20)16-13(18)8-7-12-2-1-9-19-12/h1-9,17H,(H2,15,16,18,20). The number of hydrogen-bond acceptors (Lipinski definition) is 4.